The smallest absolute Gasteiger partial charge is 0.433 e. The van der Waals surface area contributed by atoms with Gasteiger partial charge in [0.05, 0.1) is 17.8 Å². The second kappa shape index (κ2) is 7.89. The minimum absolute atomic E-state index is 0.229. The molecule has 11 heteroatoms. The van der Waals surface area contributed by atoms with E-state index in [2.05, 4.69) is 15.4 Å². The fourth-order valence-electron chi connectivity index (χ4n) is 2.94. The Hall–Kier alpha value is -3.63. The van der Waals surface area contributed by atoms with E-state index in [9.17, 15) is 22.8 Å². The highest BCUT2D eigenvalue weighted by Crippen LogP contribution is 2.34. The van der Waals surface area contributed by atoms with Gasteiger partial charge in [-0.25, -0.2) is 4.98 Å². The van der Waals surface area contributed by atoms with Gasteiger partial charge in [0.2, 0.25) is 0 Å². The first kappa shape index (κ1) is 20.6. The summed E-state index contributed by atoms with van der Waals surface area (Å²) in [6, 6.07) is 6.16. The van der Waals surface area contributed by atoms with E-state index in [0.29, 0.717) is 29.2 Å². The van der Waals surface area contributed by atoms with Crippen LogP contribution in [0.25, 0.3) is 10.9 Å². The van der Waals surface area contributed by atoms with Crippen molar-refractivity contribution in [3.63, 3.8) is 0 Å². The summed E-state index contributed by atoms with van der Waals surface area (Å²) in [7, 11) is 0. The number of amides is 1. The molecular weight excluding hydrogens is 417 g/mol. The zero-order valence-corrected chi connectivity index (χ0v) is 16.0. The van der Waals surface area contributed by atoms with Gasteiger partial charge in [-0.3, -0.25) is 14.3 Å². The first-order valence-electron chi connectivity index (χ1n) is 9.40. The van der Waals surface area contributed by atoms with Gasteiger partial charge in [-0.2, -0.15) is 18.3 Å². The number of carboxylic acid groups (broad SMARTS) is 1. The number of nitrogens with one attached hydrogen (secondary N) is 1. The Morgan fingerprint density at radius 2 is 2.03 bits per heavy atom. The van der Waals surface area contributed by atoms with E-state index in [4.69, 9.17) is 9.84 Å². The van der Waals surface area contributed by atoms with Crippen molar-refractivity contribution in [2.45, 2.75) is 25.6 Å². The number of aromatic nitrogens is 3. The number of halogens is 3. The first-order valence-corrected chi connectivity index (χ1v) is 9.40. The number of carbonyl (C=O) groups excluding carboxylic acids is 1. The predicted molar refractivity (Wildman–Crippen MR) is 103 cm³/mol. The molecule has 0 unspecified atom stereocenters. The topological polar surface area (TPSA) is 106 Å². The lowest BCUT2D eigenvalue weighted by Gasteiger charge is -2.13. The Bertz CT molecular complexity index is 1160. The molecule has 0 aliphatic heterocycles. The number of benzene rings is 1. The molecule has 1 aliphatic carbocycles. The van der Waals surface area contributed by atoms with Gasteiger partial charge in [-0.1, -0.05) is 6.07 Å². The Morgan fingerprint density at radius 1 is 1.26 bits per heavy atom. The third kappa shape index (κ3) is 4.93. The number of alkyl halides is 3. The fourth-order valence-corrected chi connectivity index (χ4v) is 2.94. The molecule has 31 heavy (non-hydrogen) atoms. The average Bonchev–Trinajstić information content (AvgIpc) is 3.45. The van der Waals surface area contributed by atoms with Crippen molar-refractivity contribution in [3.8, 4) is 5.75 Å². The Kier molecular flexibility index (Phi) is 5.25. The van der Waals surface area contributed by atoms with Crippen LogP contribution in [-0.4, -0.2) is 38.4 Å². The van der Waals surface area contributed by atoms with Crippen molar-refractivity contribution < 1.29 is 32.6 Å². The number of fused-ring (bicyclic) bond motifs is 1. The van der Waals surface area contributed by atoms with Gasteiger partial charge in [-0.15, -0.1) is 0 Å². The van der Waals surface area contributed by atoms with Gasteiger partial charge in [0.1, 0.15) is 23.7 Å². The van der Waals surface area contributed by atoms with E-state index in [-0.39, 0.29) is 12.2 Å². The first-order chi connectivity index (χ1) is 14.7. The van der Waals surface area contributed by atoms with Crippen LogP contribution in [-0.2, 0) is 17.5 Å². The molecule has 0 atom stereocenters. The van der Waals surface area contributed by atoms with Gasteiger partial charge in [0.15, 0.2) is 0 Å². The highest BCUT2D eigenvalue weighted by Gasteiger charge is 2.33. The van der Waals surface area contributed by atoms with Crippen LogP contribution in [0.15, 0.2) is 36.5 Å². The van der Waals surface area contributed by atoms with Crippen LogP contribution in [0.2, 0.25) is 0 Å². The zero-order chi connectivity index (χ0) is 22.2. The molecule has 2 N–H and O–H groups in total. The molecule has 162 valence electrons. The number of anilines is 1. The lowest BCUT2D eigenvalue weighted by atomic mass is 10.2. The Labute approximate surface area is 173 Å². The second-order valence-corrected chi connectivity index (χ2v) is 7.24. The van der Waals surface area contributed by atoms with Crippen molar-refractivity contribution >= 4 is 28.5 Å². The summed E-state index contributed by atoms with van der Waals surface area (Å²) in [4.78, 5) is 26.9. The van der Waals surface area contributed by atoms with E-state index >= 15 is 0 Å². The third-order valence-corrected chi connectivity index (χ3v) is 4.64. The van der Waals surface area contributed by atoms with Gasteiger partial charge in [-0.05, 0) is 37.0 Å². The van der Waals surface area contributed by atoms with Gasteiger partial charge < -0.3 is 15.2 Å². The van der Waals surface area contributed by atoms with Crippen LogP contribution in [0.3, 0.4) is 0 Å². The highest BCUT2D eigenvalue weighted by molar-refractivity contribution is 6.05. The summed E-state index contributed by atoms with van der Waals surface area (Å²) in [5.74, 6) is -1.20. The lowest BCUT2D eigenvalue weighted by Crippen LogP contribution is -2.17. The molecule has 8 nitrogen and oxygen atoms in total. The van der Waals surface area contributed by atoms with Crippen LogP contribution in [0.4, 0.5) is 18.9 Å². The molecule has 1 aliphatic rings. The number of hydrogen-bond acceptors (Lipinski definition) is 5. The quantitative estimate of drug-likeness (QED) is 0.589. The maximum Gasteiger partial charge on any atom is 0.433 e. The maximum atomic E-state index is 12.9. The fraction of sp³-hybridized carbons (Fsp3) is 0.300. The van der Waals surface area contributed by atoms with Crippen molar-refractivity contribution in [1.29, 1.82) is 0 Å². The number of rotatable bonds is 7. The van der Waals surface area contributed by atoms with E-state index in [0.717, 1.165) is 25.0 Å². The number of hydrogen-bond donors (Lipinski definition) is 2. The molecular formula is C20H17F3N4O4. The van der Waals surface area contributed by atoms with Crippen molar-refractivity contribution in [3.05, 3.63) is 47.9 Å². The van der Waals surface area contributed by atoms with E-state index in [1.165, 1.54) is 23.0 Å². The average molecular weight is 434 g/mol. The van der Waals surface area contributed by atoms with Crippen LogP contribution >= 0.6 is 0 Å². The number of pyridine rings is 1. The molecule has 1 amide bonds. The standard InChI is InChI=1S/C20H17F3N4O4/c21-20(22,23)17-3-1-2-13(24-17)19(30)25-15-6-12-8-27(9-18(28)29)26-14(12)7-16(15)31-10-11-4-5-11/h1-3,6-8,11H,4-5,9-10H2,(H,25,30)(H,28,29). The largest absolute Gasteiger partial charge is 0.491 e. The van der Waals surface area contributed by atoms with Crippen molar-refractivity contribution in [1.82, 2.24) is 14.8 Å². The summed E-state index contributed by atoms with van der Waals surface area (Å²) < 4.78 is 45.7. The summed E-state index contributed by atoms with van der Waals surface area (Å²) in [5.41, 5.74) is -0.880. The SMILES string of the molecule is O=C(O)Cn1cc2cc(NC(=O)c3cccc(C(F)(F)F)n3)c(OCC3CC3)cc2n1. The lowest BCUT2D eigenvalue weighted by molar-refractivity contribution is -0.141. The number of ether oxygens (including phenoxy) is 1. The van der Waals surface area contributed by atoms with Crippen molar-refractivity contribution in [2.75, 3.05) is 11.9 Å². The van der Waals surface area contributed by atoms with Crippen LogP contribution < -0.4 is 10.1 Å². The molecule has 1 aromatic carbocycles. The van der Waals surface area contributed by atoms with Crippen LogP contribution in [0, 0.1) is 5.92 Å². The molecule has 0 bridgehead atoms. The Morgan fingerprint density at radius 3 is 2.71 bits per heavy atom. The van der Waals surface area contributed by atoms with Crippen LogP contribution in [0.1, 0.15) is 29.0 Å². The molecule has 4 rings (SSSR count). The number of aliphatic carboxylic acids is 1. The monoisotopic (exact) mass is 434 g/mol. The molecule has 1 saturated carbocycles. The second-order valence-electron chi connectivity index (χ2n) is 7.24. The number of carbonyl (C=O) groups is 2. The highest BCUT2D eigenvalue weighted by atomic mass is 19.4. The molecule has 2 heterocycles. The summed E-state index contributed by atoms with van der Waals surface area (Å²) in [6.45, 7) is 0.0782. The molecule has 2 aromatic heterocycles. The zero-order valence-electron chi connectivity index (χ0n) is 16.0. The summed E-state index contributed by atoms with van der Waals surface area (Å²) in [5, 5.41) is 16.2. The van der Waals surface area contributed by atoms with Gasteiger partial charge in [0.25, 0.3) is 5.91 Å². The van der Waals surface area contributed by atoms with Gasteiger partial charge in [0, 0.05) is 17.6 Å². The molecule has 0 radical (unpaired) electrons. The van der Waals surface area contributed by atoms with E-state index in [1.54, 1.807) is 6.07 Å². The number of carboxylic acids is 1. The predicted octanol–water partition coefficient (Wildman–Crippen LogP) is 3.58. The number of nitrogens with zero attached hydrogens (tertiary/aromatic N) is 3. The molecule has 0 spiro atoms. The molecule has 3 aromatic rings. The normalized spacial score (nSPS) is 13.9. The maximum absolute atomic E-state index is 12.9. The molecule has 1 fully saturated rings. The van der Waals surface area contributed by atoms with E-state index in [1.807, 2.05) is 0 Å². The summed E-state index contributed by atoms with van der Waals surface area (Å²) in [6.07, 6.45) is -1.12. The van der Waals surface area contributed by atoms with Crippen LogP contribution in [0.5, 0.6) is 5.75 Å². The Balaban J connectivity index is 1.64. The van der Waals surface area contributed by atoms with Crippen molar-refractivity contribution in [2.24, 2.45) is 5.92 Å². The van der Waals surface area contributed by atoms with E-state index < -0.39 is 29.4 Å². The molecule has 0 saturated heterocycles. The minimum atomic E-state index is -4.67. The third-order valence-electron chi connectivity index (χ3n) is 4.64. The summed E-state index contributed by atoms with van der Waals surface area (Å²) >= 11 is 0. The van der Waals surface area contributed by atoms with Gasteiger partial charge >= 0.3 is 12.1 Å². The minimum Gasteiger partial charge on any atom is -0.491 e.